The maximum Gasteiger partial charge on any atom is 0.409 e. The van der Waals surface area contributed by atoms with Crippen LogP contribution < -0.4 is 0 Å². The predicted octanol–water partition coefficient (Wildman–Crippen LogP) is 3.98. The van der Waals surface area contributed by atoms with Crippen LogP contribution in [-0.2, 0) is 9.53 Å². The largest absolute Gasteiger partial charge is 0.481 e. The number of carboxylic acids is 1. The van der Waals surface area contributed by atoms with Crippen LogP contribution in [0.5, 0.6) is 0 Å². The Kier molecular flexibility index (Phi) is 4.11. The molecule has 1 N–H and O–H groups in total. The fraction of sp³-hybridized carbons (Fsp3) is 0.391. The first-order chi connectivity index (χ1) is 13.6. The van der Waals surface area contributed by atoms with Crippen LogP contribution in [0, 0.1) is 17.8 Å². The van der Waals surface area contributed by atoms with Gasteiger partial charge in [0, 0.05) is 19.0 Å². The molecule has 1 heterocycles. The smallest absolute Gasteiger partial charge is 0.409 e. The molecular weight excluding hydrogens is 354 g/mol. The van der Waals surface area contributed by atoms with E-state index in [0.29, 0.717) is 12.5 Å². The number of benzene rings is 2. The highest BCUT2D eigenvalue weighted by Crippen LogP contribution is 2.46. The second-order valence-electron chi connectivity index (χ2n) is 8.15. The highest BCUT2D eigenvalue weighted by molar-refractivity contribution is 5.79. The number of aliphatic carboxylic acids is 1. The van der Waals surface area contributed by atoms with E-state index in [2.05, 4.69) is 24.3 Å². The molecule has 5 nitrogen and oxygen atoms in total. The summed E-state index contributed by atoms with van der Waals surface area (Å²) in [5, 5.41) is 9.50. The molecule has 3 aliphatic rings. The lowest BCUT2D eigenvalue weighted by molar-refractivity contribution is -0.142. The van der Waals surface area contributed by atoms with Gasteiger partial charge in [-0.05, 0) is 46.9 Å². The number of nitrogens with zero attached hydrogens (tertiary/aromatic N) is 1. The maximum atomic E-state index is 12.7. The molecule has 1 amide bonds. The summed E-state index contributed by atoms with van der Waals surface area (Å²) in [6.45, 7) is 1.03. The van der Waals surface area contributed by atoms with Crippen molar-refractivity contribution in [2.24, 2.45) is 17.8 Å². The van der Waals surface area contributed by atoms with E-state index in [0.717, 1.165) is 12.8 Å². The van der Waals surface area contributed by atoms with Crippen molar-refractivity contribution in [2.75, 3.05) is 19.7 Å². The summed E-state index contributed by atoms with van der Waals surface area (Å²) in [5.74, 6) is -0.724. The number of rotatable bonds is 4. The summed E-state index contributed by atoms with van der Waals surface area (Å²) in [7, 11) is 0. The van der Waals surface area contributed by atoms with Gasteiger partial charge in [-0.1, -0.05) is 48.5 Å². The third kappa shape index (κ3) is 2.86. The van der Waals surface area contributed by atoms with E-state index in [1.54, 1.807) is 4.90 Å². The number of fused-ring (bicyclic) bond motifs is 3. The molecule has 2 aromatic carbocycles. The van der Waals surface area contributed by atoms with E-state index in [1.807, 2.05) is 24.3 Å². The van der Waals surface area contributed by atoms with Gasteiger partial charge in [-0.3, -0.25) is 4.79 Å². The van der Waals surface area contributed by atoms with E-state index >= 15 is 0 Å². The van der Waals surface area contributed by atoms with Crippen molar-refractivity contribution in [1.82, 2.24) is 4.90 Å². The van der Waals surface area contributed by atoms with Crippen LogP contribution in [0.2, 0.25) is 0 Å². The second kappa shape index (κ2) is 6.66. The lowest BCUT2D eigenvalue weighted by Gasteiger charge is -2.19. The zero-order valence-corrected chi connectivity index (χ0v) is 15.6. The third-order valence-electron chi connectivity index (χ3n) is 6.50. The molecule has 0 spiro atoms. The summed E-state index contributed by atoms with van der Waals surface area (Å²) in [5.41, 5.74) is 4.74. The van der Waals surface area contributed by atoms with Gasteiger partial charge in [-0.15, -0.1) is 0 Å². The maximum absolute atomic E-state index is 12.7. The van der Waals surface area contributed by atoms with E-state index in [9.17, 15) is 14.7 Å². The standard InChI is InChI=1S/C23H23NO4/c25-22(26)20-12-24(11-19(20)14-9-10-14)23(27)28-13-21-17-7-3-1-5-15(17)16-6-2-4-8-18(16)21/h1-8,14,19-21H,9-13H2,(H,25,26). The van der Waals surface area contributed by atoms with Gasteiger partial charge >= 0.3 is 12.1 Å². The Labute approximate surface area is 163 Å². The van der Waals surface area contributed by atoms with Crippen molar-refractivity contribution in [1.29, 1.82) is 0 Å². The van der Waals surface area contributed by atoms with Gasteiger partial charge < -0.3 is 14.7 Å². The third-order valence-corrected chi connectivity index (χ3v) is 6.50. The Morgan fingerprint density at radius 2 is 1.57 bits per heavy atom. The Morgan fingerprint density at radius 1 is 0.964 bits per heavy atom. The molecule has 28 heavy (non-hydrogen) atoms. The number of hydrogen-bond donors (Lipinski definition) is 1. The van der Waals surface area contributed by atoms with Gasteiger partial charge in [0.25, 0.3) is 0 Å². The average molecular weight is 377 g/mol. The normalized spacial score (nSPS) is 23.4. The SMILES string of the molecule is O=C(O)C1CN(C(=O)OCC2c3ccccc3-c3ccccc32)CC1C1CC1. The van der Waals surface area contributed by atoms with Gasteiger partial charge in [0.1, 0.15) is 6.61 Å². The van der Waals surface area contributed by atoms with Gasteiger partial charge in [0.15, 0.2) is 0 Å². The summed E-state index contributed by atoms with van der Waals surface area (Å²) in [4.78, 5) is 25.9. The molecule has 0 bridgehead atoms. The van der Waals surface area contributed by atoms with E-state index in [4.69, 9.17) is 4.74 Å². The number of carbonyl (C=O) groups excluding carboxylic acids is 1. The number of amides is 1. The molecule has 2 atom stereocenters. The lowest BCUT2D eigenvalue weighted by Crippen LogP contribution is -2.31. The minimum atomic E-state index is -0.800. The molecule has 1 saturated heterocycles. The molecule has 2 aliphatic carbocycles. The van der Waals surface area contributed by atoms with Crippen LogP contribution in [0.15, 0.2) is 48.5 Å². The van der Waals surface area contributed by atoms with Crippen molar-refractivity contribution in [3.63, 3.8) is 0 Å². The molecular formula is C23H23NO4. The van der Waals surface area contributed by atoms with E-state index in [1.165, 1.54) is 22.3 Å². The average Bonchev–Trinajstić information content (AvgIpc) is 3.37. The first-order valence-electron chi connectivity index (χ1n) is 9.96. The van der Waals surface area contributed by atoms with Crippen LogP contribution in [0.4, 0.5) is 4.79 Å². The van der Waals surface area contributed by atoms with Gasteiger partial charge in [0.05, 0.1) is 5.92 Å². The molecule has 144 valence electrons. The number of ether oxygens (including phenoxy) is 1. The molecule has 1 aliphatic heterocycles. The highest BCUT2D eigenvalue weighted by Gasteiger charge is 2.47. The topological polar surface area (TPSA) is 66.8 Å². The Morgan fingerprint density at radius 3 is 2.14 bits per heavy atom. The van der Waals surface area contributed by atoms with Crippen LogP contribution >= 0.6 is 0 Å². The summed E-state index contributed by atoms with van der Waals surface area (Å²) >= 11 is 0. The van der Waals surface area contributed by atoms with E-state index < -0.39 is 18.0 Å². The van der Waals surface area contributed by atoms with Gasteiger partial charge in [-0.2, -0.15) is 0 Å². The minimum absolute atomic E-state index is 0.0217. The van der Waals surface area contributed by atoms with Crippen LogP contribution in [0.3, 0.4) is 0 Å². The summed E-state index contributed by atoms with van der Waals surface area (Å²) < 4.78 is 5.69. The molecule has 1 saturated carbocycles. The first kappa shape index (κ1) is 17.3. The Balaban J connectivity index is 1.30. The Hall–Kier alpha value is -2.82. The van der Waals surface area contributed by atoms with Crippen molar-refractivity contribution < 1.29 is 19.4 Å². The minimum Gasteiger partial charge on any atom is -0.481 e. The first-order valence-corrected chi connectivity index (χ1v) is 9.96. The monoisotopic (exact) mass is 377 g/mol. The van der Waals surface area contributed by atoms with Gasteiger partial charge in [0.2, 0.25) is 0 Å². The quantitative estimate of drug-likeness (QED) is 0.875. The predicted molar refractivity (Wildman–Crippen MR) is 104 cm³/mol. The molecule has 2 aromatic rings. The highest BCUT2D eigenvalue weighted by atomic mass is 16.6. The molecule has 5 heteroatoms. The van der Waals surface area contributed by atoms with Gasteiger partial charge in [-0.25, -0.2) is 4.79 Å². The number of likely N-dealkylation sites (tertiary alicyclic amines) is 1. The number of carboxylic acid groups (broad SMARTS) is 1. The molecule has 2 unspecified atom stereocenters. The second-order valence-corrected chi connectivity index (χ2v) is 8.15. The molecule has 5 rings (SSSR count). The van der Waals surface area contributed by atoms with Crippen molar-refractivity contribution in [3.05, 3.63) is 59.7 Å². The Bertz CT molecular complexity index is 890. The van der Waals surface area contributed by atoms with Crippen molar-refractivity contribution in [2.45, 2.75) is 18.8 Å². The van der Waals surface area contributed by atoms with Crippen LogP contribution in [0.1, 0.15) is 29.9 Å². The summed E-state index contributed by atoms with van der Waals surface area (Å²) in [6, 6.07) is 16.5. The summed E-state index contributed by atoms with van der Waals surface area (Å²) in [6.07, 6.45) is 1.76. The zero-order chi connectivity index (χ0) is 19.3. The fourth-order valence-electron chi connectivity index (χ4n) is 4.93. The molecule has 2 fully saturated rings. The number of hydrogen-bond acceptors (Lipinski definition) is 3. The molecule has 0 radical (unpaired) electrons. The van der Waals surface area contributed by atoms with Crippen molar-refractivity contribution >= 4 is 12.1 Å². The number of carbonyl (C=O) groups is 2. The molecule has 0 aromatic heterocycles. The van der Waals surface area contributed by atoms with E-state index in [-0.39, 0.29) is 25.0 Å². The zero-order valence-electron chi connectivity index (χ0n) is 15.6. The van der Waals surface area contributed by atoms with Crippen LogP contribution in [0.25, 0.3) is 11.1 Å². The van der Waals surface area contributed by atoms with Crippen molar-refractivity contribution in [3.8, 4) is 11.1 Å². The lowest BCUT2D eigenvalue weighted by atomic mass is 9.92. The van der Waals surface area contributed by atoms with Crippen LogP contribution in [-0.4, -0.2) is 41.8 Å². The fourth-order valence-corrected chi connectivity index (χ4v) is 4.93.